The van der Waals surface area contributed by atoms with Crippen LogP contribution in [0.3, 0.4) is 0 Å². The van der Waals surface area contributed by atoms with E-state index in [0.717, 1.165) is 22.3 Å². The smallest absolute Gasteiger partial charge is 0.411 e. The summed E-state index contributed by atoms with van der Waals surface area (Å²) in [6.07, 6.45) is 1.60. The second kappa shape index (κ2) is 9.78. The van der Waals surface area contributed by atoms with Crippen molar-refractivity contribution in [3.8, 4) is 11.1 Å². The minimum absolute atomic E-state index is 0.0849. The van der Waals surface area contributed by atoms with Crippen LogP contribution in [0.15, 0.2) is 54.7 Å². The molecule has 3 aromatic rings. The number of nitrogens with zero attached hydrogens (tertiary/aromatic N) is 2. The quantitative estimate of drug-likeness (QED) is 0.468. The molecular formula is C25H26N4O5. The summed E-state index contributed by atoms with van der Waals surface area (Å²) in [5.74, 6) is -1.91. The Hall–Kier alpha value is -4.14. The van der Waals surface area contributed by atoms with Gasteiger partial charge in [0.25, 0.3) is 5.91 Å². The van der Waals surface area contributed by atoms with Gasteiger partial charge >= 0.3 is 12.1 Å². The largest absolute Gasteiger partial charge is 0.480 e. The number of carboxylic acid groups (broad SMARTS) is 1. The Balaban J connectivity index is 1.45. The number of rotatable bonds is 8. The Morgan fingerprint density at radius 2 is 1.71 bits per heavy atom. The Labute approximate surface area is 196 Å². The fraction of sp³-hybridized carbons (Fsp3) is 0.280. The van der Waals surface area contributed by atoms with Gasteiger partial charge in [0.1, 0.15) is 12.6 Å². The number of hydrogen-bond acceptors (Lipinski definition) is 5. The highest BCUT2D eigenvalue weighted by Crippen LogP contribution is 2.44. The zero-order valence-electron chi connectivity index (χ0n) is 18.9. The van der Waals surface area contributed by atoms with E-state index in [2.05, 4.69) is 27.9 Å². The summed E-state index contributed by atoms with van der Waals surface area (Å²) in [7, 11) is 1.60. The van der Waals surface area contributed by atoms with Crippen LogP contribution < -0.4 is 10.6 Å². The van der Waals surface area contributed by atoms with Crippen molar-refractivity contribution >= 4 is 23.7 Å². The van der Waals surface area contributed by atoms with Gasteiger partial charge < -0.3 is 15.2 Å². The molecule has 1 aliphatic rings. The van der Waals surface area contributed by atoms with Gasteiger partial charge in [-0.15, -0.1) is 0 Å². The fourth-order valence-corrected chi connectivity index (χ4v) is 4.26. The third kappa shape index (κ3) is 4.63. The van der Waals surface area contributed by atoms with Crippen molar-refractivity contribution in [3.63, 3.8) is 0 Å². The molecule has 0 bridgehead atoms. The lowest BCUT2D eigenvalue weighted by Crippen LogP contribution is -2.41. The molecule has 9 heteroatoms. The van der Waals surface area contributed by atoms with Crippen LogP contribution in [-0.4, -0.2) is 45.5 Å². The highest BCUT2D eigenvalue weighted by atomic mass is 16.5. The zero-order chi connectivity index (χ0) is 24.2. The molecule has 176 valence electrons. The summed E-state index contributed by atoms with van der Waals surface area (Å²) in [5.41, 5.74) is 4.48. The molecule has 34 heavy (non-hydrogen) atoms. The lowest BCUT2D eigenvalue weighted by Gasteiger charge is -2.15. The maximum atomic E-state index is 12.6. The Kier molecular flexibility index (Phi) is 6.62. The molecule has 0 aliphatic heterocycles. The average Bonchev–Trinajstić information content (AvgIpc) is 3.34. The molecule has 2 amide bonds. The van der Waals surface area contributed by atoms with Crippen molar-refractivity contribution in [1.82, 2.24) is 15.1 Å². The van der Waals surface area contributed by atoms with Crippen LogP contribution in [0, 0.1) is 0 Å². The number of carbonyl (C=O) groups excluding carboxylic acids is 2. The molecule has 1 heterocycles. The number of nitrogens with one attached hydrogen (secondary N) is 2. The van der Waals surface area contributed by atoms with E-state index in [1.54, 1.807) is 7.05 Å². The number of hydrogen-bond donors (Lipinski definition) is 3. The SMILES string of the molecule is CCC[C@@H](NC(=O)c1nn(C)cc1NC(=O)OCC1c2ccccc2-c2ccccc21)C(=O)O. The van der Waals surface area contributed by atoms with Crippen LogP contribution in [-0.2, 0) is 16.6 Å². The Bertz CT molecular complexity index is 1190. The summed E-state index contributed by atoms with van der Waals surface area (Å²) in [6, 6.07) is 15.0. The van der Waals surface area contributed by atoms with E-state index in [-0.39, 0.29) is 30.3 Å². The first-order valence-electron chi connectivity index (χ1n) is 11.1. The van der Waals surface area contributed by atoms with E-state index in [4.69, 9.17) is 4.74 Å². The van der Waals surface area contributed by atoms with Gasteiger partial charge in [-0.2, -0.15) is 5.10 Å². The van der Waals surface area contributed by atoms with E-state index < -0.39 is 24.0 Å². The van der Waals surface area contributed by atoms with E-state index in [1.807, 2.05) is 43.3 Å². The Morgan fingerprint density at radius 1 is 1.09 bits per heavy atom. The van der Waals surface area contributed by atoms with Gasteiger partial charge in [0.05, 0.1) is 5.69 Å². The topological polar surface area (TPSA) is 123 Å². The molecule has 2 aromatic carbocycles. The molecule has 4 rings (SSSR count). The minimum atomic E-state index is -1.13. The van der Waals surface area contributed by atoms with Crippen molar-refractivity contribution in [1.29, 1.82) is 0 Å². The number of amides is 2. The third-order valence-electron chi connectivity index (χ3n) is 5.81. The number of aromatic nitrogens is 2. The highest BCUT2D eigenvalue weighted by molar-refractivity contribution is 6.02. The first kappa shape index (κ1) is 23.0. The number of carboxylic acids is 1. The summed E-state index contributed by atoms with van der Waals surface area (Å²) >= 11 is 0. The van der Waals surface area contributed by atoms with Gasteiger partial charge in [-0.3, -0.25) is 14.8 Å². The maximum Gasteiger partial charge on any atom is 0.411 e. The van der Waals surface area contributed by atoms with Gasteiger partial charge in [0.15, 0.2) is 5.69 Å². The van der Waals surface area contributed by atoms with Crippen molar-refractivity contribution in [3.05, 3.63) is 71.5 Å². The Morgan fingerprint density at radius 3 is 2.29 bits per heavy atom. The van der Waals surface area contributed by atoms with E-state index in [0.29, 0.717) is 6.42 Å². The second-order valence-electron chi connectivity index (χ2n) is 8.17. The van der Waals surface area contributed by atoms with Crippen molar-refractivity contribution in [2.75, 3.05) is 11.9 Å². The molecule has 0 radical (unpaired) electrons. The van der Waals surface area contributed by atoms with E-state index >= 15 is 0 Å². The third-order valence-corrected chi connectivity index (χ3v) is 5.81. The molecule has 9 nitrogen and oxygen atoms in total. The molecule has 0 spiro atoms. The van der Waals surface area contributed by atoms with Crippen LogP contribution in [0.1, 0.15) is 47.3 Å². The molecular weight excluding hydrogens is 436 g/mol. The number of ether oxygens (including phenoxy) is 1. The number of fused-ring (bicyclic) bond motifs is 3. The zero-order valence-corrected chi connectivity index (χ0v) is 18.9. The highest BCUT2D eigenvalue weighted by Gasteiger charge is 2.29. The van der Waals surface area contributed by atoms with Crippen LogP contribution in [0.5, 0.6) is 0 Å². The van der Waals surface area contributed by atoms with Gasteiger partial charge in [0, 0.05) is 19.2 Å². The predicted molar refractivity (Wildman–Crippen MR) is 126 cm³/mol. The van der Waals surface area contributed by atoms with Crippen molar-refractivity contribution in [2.24, 2.45) is 7.05 Å². The lowest BCUT2D eigenvalue weighted by atomic mass is 9.98. The van der Waals surface area contributed by atoms with E-state index in [9.17, 15) is 19.5 Å². The fourth-order valence-electron chi connectivity index (χ4n) is 4.26. The first-order chi connectivity index (χ1) is 16.4. The predicted octanol–water partition coefficient (Wildman–Crippen LogP) is 3.76. The number of benzene rings is 2. The monoisotopic (exact) mass is 462 g/mol. The molecule has 1 atom stereocenters. The summed E-state index contributed by atoms with van der Waals surface area (Å²) in [4.78, 5) is 36.6. The number of anilines is 1. The van der Waals surface area contributed by atoms with Gasteiger partial charge in [-0.1, -0.05) is 61.9 Å². The number of aliphatic carboxylic acids is 1. The van der Waals surface area contributed by atoms with Crippen LogP contribution in [0.4, 0.5) is 10.5 Å². The lowest BCUT2D eigenvalue weighted by molar-refractivity contribution is -0.139. The summed E-state index contributed by atoms with van der Waals surface area (Å²) in [5, 5.41) is 18.4. The number of aryl methyl sites for hydroxylation is 1. The van der Waals surface area contributed by atoms with Crippen molar-refractivity contribution in [2.45, 2.75) is 31.7 Å². The molecule has 0 unspecified atom stereocenters. The summed E-state index contributed by atoms with van der Waals surface area (Å²) in [6.45, 7) is 1.95. The molecule has 0 saturated carbocycles. The molecule has 3 N–H and O–H groups in total. The van der Waals surface area contributed by atoms with Crippen molar-refractivity contribution < 1.29 is 24.2 Å². The summed E-state index contributed by atoms with van der Waals surface area (Å²) < 4.78 is 6.90. The second-order valence-corrected chi connectivity index (χ2v) is 8.17. The molecule has 1 aromatic heterocycles. The minimum Gasteiger partial charge on any atom is -0.480 e. The molecule has 0 saturated heterocycles. The molecule has 1 aliphatic carbocycles. The van der Waals surface area contributed by atoms with Gasteiger partial charge in [0.2, 0.25) is 0 Å². The van der Waals surface area contributed by atoms with Crippen LogP contribution in [0.2, 0.25) is 0 Å². The molecule has 0 fully saturated rings. The van der Waals surface area contributed by atoms with Gasteiger partial charge in [-0.05, 0) is 28.7 Å². The maximum absolute atomic E-state index is 12.6. The van der Waals surface area contributed by atoms with Crippen LogP contribution in [0.25, 0.3) is 11.1 Å². The van der Waals surface area contributed by atoms with E-state index in [1.165, 1.54) is 10.9 Å². The first-order valence-corrected chi connectivity index (χ1v) is 11.1. The van der Waals surface area contributed by atoms with Gasteiger partial charge in [-0.25, -0.2) is 9.59 Å². The standard InChI is InChI=1S/C25H26N4O5/c1-3-8-20(24(31)32)26-23(30)22-21(13-29(2)28-22)27-25(33)34-14-19-17-11-6-4-9-15(17)16-10-5-7-12-18(16)19/h4-7,9-13,19-20H,3,8,14H2,1-2H3,(H,26,30)(H,27,33)(H,31,32)/t20-/m1/s1. The normalized spacial score (nSPS) is 13.0. The average molecular weight is 463 g/mol. The van der Waals surface area contributed by atoms with Crippen LogP contribution >= 0.6 is 0 Å². The number of carbonyl (C=O) groups is 3.